The van der Waals surface area contributed by atoms with Gasteiger partial charge in [-0.25, -0.2) is 0 Å². The third-order valence-electron chi connectivity index (χ3n) is 6.09. The van der Waals surface area contributed by atoms with E-state index in [4.69, 9.17) is 23.8 Å². The summed E-state index contributed by atoms with van der Waals surface area (Å²) in [5.74, 6) is -0.193. The van der Waals surface area contributed by atoms with Gasteiger partial charge in [0.2, 0.25) is 0 Å². The first-order valence-corrected chi connectivity index (χ1v) is 13.4. The van der Waals surface area contributed by atoms with Crippen LogP contribution in [0, 0.1) is 0 Å². The number of amides is 2. The van der Waals surface area contributed by atoms with Crippen molar-refractivity contribution in [2.24, 2.45) is 0 Å². The van der Waals surface area contributed by atoms with Crippen LogP contribution in [-0.2, 0) is 5.41 Å². The first-order chi connectivity index (χ1) is 17.1. The van der Waals surface area contributed by atoms with Crippen molar-refractivity contribution in [3.8, 4) is 0 Å². The number of carbonyl (C=O) groups is 2. The number of piperazine rings is 1. The van der Waals surface area contributed by atoms with E-state index >= 15 is 0 Å². The molecule has 2 aromatic carbocycles. The minimum atomic E-state index is -0.273. The molecule has 0 bridgehead atoms. The van der Waals surface area contributed by atoms with E-state index in [1.54, 1.807) is 18.2 Å². The lowest BCUT2D eigenvalue weighted by Crippen LogP contribution is -2.48. The molecule has 0 unspecified atom stereocenters. The van der Waals surface area contributed by atoms with Crippen LogP contribution in [0.4, 0.5) is 11.4 Å². The number of rotatable bonds is 4. The molecule has 1 aromatic heterocycles. The maximum Gasteiger partial charge on any atom is 0.264 e. The summed E-state index contributed by atoms with van der Waals surface area (Å²) in [6.07, 6.45) is 0. The van der Waals surface area contributed by atoms with E-state index in [1.165, 1.54) is 11.3 Å². The highest BCUT2D eigenvalue weighted by atomic mass is 35.5. The maximum atomic E-state index is 12.6. The van der Waals surface area contributed by atoms with Crippen molar-refractivity contribution in [3.05, 3.63) is 81.0 Å². The molecular formula is C27H29ClN4O2S2. The highest BCUT2D eigenvalue weighted by molar-refractivity contribution is 7.80. The fourth-order valence-corrected chi connectivity index (χ4v) is 5.21. The maximum absolute atomic E-state index is 12.6. The van der Waals surface area contributed by atoms with Crippen LogP contribution in [-0.4, -0.2) is 48.0 Å². The Hall–Kier alpha value is -2.94. The van der Waals surface area contributed by atoms with Crippen LogP contribution in [0.3, 0.4) is 0 Å². The van der Waals surface area contributed by atoms with Crippen molar-refractivity contribution >= 4 is 63.5 Å². The van der Waals surface area contributed by atoms with E-state index in [0.29, 0.717) is 42.5 Å². The first-order valence-electron chi connectivity index (χ1n) is 11.7. The number of nitrogens with one attached hydrogen (secondary N) is 2. The zero-order chi connectivity index (χ0) is 25.9. The van der Waals surface area contributed by atoms with E-state index in [-0.39, 0.29) is 22.3 Å². The molecule has 0 atom stereocenters. The molecule has 0 aliphatic carbocycles. The Morgan fingerprint density at radius 2 is 1.69 bits per heavy atom. The highest BCUT2D eigenvalue weighted by Crippen LogP contribution is 2.30. The number of anilines is 2. The molecule has 188 valence electrons. The van der Waals surface area contributed by atoms with Gasteiger partial charge in [-0.2, -0.15) is 0 Å². The normalized spacial score (nSPS) is 13.9. The third kappa shape index (κ3) is 6.24. The monoisotopic (exact) mass is 540 g/mol. The predicted octanol–water partition coefficient (Wildman–Crippen LogP) is 5.79. The van der Waals surface area contributed by atoms with Crippen LogP contribution in [0.1, 0.15) is 46.4 Å². The summed E-state index contributed by atoms with van der Waals surface area (Å²) in [4.78, 5) is 30.0. The number of benzene rings is 2. The summed E-state index contributed by atoms with van der Waals surface area (Å²) in [5, 5.41) is 8.44. The molecule has 1 aliphatic rings. The summed E-state index contributed by atoms with van der Waals surface area (Å²) in [6, 6.07) is 16.9. The van der Waals surface area contributed by atoms with Gasteiger partial charge in [0.25, 0.3) is 11.8 Å². The number of thiocarbonyl (C=S) groups is 1. The summed E-state index contributed by atoms with van der Waals surface area (Å²) in [6.45, 7) is 9.07. The Balaban J connectivity index is 1.31. The highest BCUT2D eigenvalue weighted by Gasteiger charge is 2.24. The molecule has 3 aromatic rings. The van der Waals surface area contributed by atoms with E-state index < -0.39 is 0 Å². The molecule has 2 amide bonds. The third-order valence-corrected chi connectivity index (χ3v) is 7.45. The Labute approximate surface area is 226 Å². The van der Waals surface area contributed by atoms with Gasteiger partial charge in [-0.3, -0.25) is 14.9 Å². The van der Waals surface area contributed by atoms with Crippen molar-refractivity contribution in [1.82, 2.24) is 10.2 Å². The largest absolute Gasteiger partial charge is 0.367 e. The SMILES string of the molecule is CC(C)(C)c1ccc(C(=O)NC(=S)Nc2ccc(N3CCN(C(=O)c4cccs4)CC3)c(Cl)c2)cc1. The smallest absolute Gasteiger partial charge is 0.264 e. The number of hydrogen-bond acceptors (Lipinski definition) is 5. The van der Waals surface area contributed by atoms with Gasteiger partial charge in [0, 0.05) is 37.4 Å². The van der Waals surface area contributed by atoms with E-state index in [0.717, 1.165) is 16.1 Å². The molecule has 2 N–H and O–H groups in total. The minimum Gasteiger partial charge on any atom is -0.367 e. The van der Waals surface area contributed by atoms with Crippen molar-refractivity contribution in [1.29, 1.82) is 0 Å². The average molecular weight is 541 g/mol. The second-order valence-corrected chi connectivity index (χ2v) is 11.4. The summed E-state index contributed by atoms with van der Waals surface area (Å²) >= 11 is 13.4. The van der Waals surface area contributed by atoms with Crippen molar-refractivity contribution in [2.45, 2.75) is 26.2 Å². The lowest BCUT2D eigenvalue weighted by Gasteiger charge is -2.36. The summed E-state index contributed by atoms with van der Waals surface area (Å²) in [5.41, 5.74) is 3.30. The molecular weight excluding hydrogens is 512 g/mol. The Bertz CT molecular complexity index is 1250. The Morgan fingerprint density at radius 1 is 1.00 bits per heavy atom. The van der Waals surface area contributed by atoms with Crippen molar-refractivity contribution in [3.63, 3.8) is 0 Å². The van der Waals surface area contributed by atoms with Crippen LogP contribution in [0.2, 0.25) is 5.02 Å². The van der Waals surface area contributed by atoms with Crippen LogP contribution >= 0.6 is 35.2 Å². The zero-order valence-corrected chi connectivity index (χ0v) is 22.9. The number of thiophene rings is 1. The Morgan fingerprint density at radius 3 is 2.28 bits per heavy atom. The van der Waals surface area contributed by atoms with Crippen molar-refractivity contribution < 1.29 is 9.59 Å². The van der Waals surface area contributed by atoms with Crippen LogP contribution < -0.4 is 15.5 Å². The molecule has 36 heavy (non-hydrogen) atoms. The zero-order valence-electron chi connectivity index (χ0n) is 20.5. The van der Waals surface area contributed by atoms with Gasteiger partial charge >= 0.3 is 0 Å². The van der Waals surface area contributed by atoms with E-state index in [2.05, 4.69) is 36.3 Å². The number of halogens is 1. The van der Waals surface area contributed by atoms with E-state index in [9.17, 15) is 9.59 Å². The number of carbonyl (C=O) groups excluding carboxylic acids is 2. The van der Waals surface area contributed by atoms with Crippen LogP contribution in [0.15, 0.2) is 60.0 Å². The van der Waals surface area contributed by atoms with Gasteiger partial charge in [0.15, 0.2) is 5.11 Å². The molecule has 4 rings (SSSR count). The van der Waals surface area contributed by atoms with Crippen molar-refractivity contribution in [2.75, 3.05) is 36.4 Å². The lowest BCUT2D eigenvalue weighted by atomic mass is 9.87. The topological polar surface area (TPSA) is 64.7 Å². The lowest BCUT2D eigenvalue weighted by molar-refractivity contribution is 0.0751. The fourth-order valence-electron chi connectivity index (χ4n) is 4.01. The molecule has 0 spiro atoms. The molecule has 1 fully saturated rings. The van der Waals surface area contributed by atoms with Gasteiger partial charge in [-0.15, -0.1) is 11.3 Å². The predicted molar refractivity (Wildman–Crippen MR) is 153 cm³/mol. The molecule has 1 aliphatic heterocycles. The molecule has 6 nitrogen and oxygen atoms in total. The van der Waals surface area contributed by atoms with Gasteiger partial charge < -0.3 is 15.1 Å². The molecule has 1 saturated heterocycles. The fraction of sp³-hybridized carbons (Fsp3) is 0.296. The van der Waals surface area contributed by atoms with Crippen LogP contribution in [0.25, 0.3) is 0 Å². The van der Waals surface area contributed by atoms with Crippen LogP contribution in [0.5, 0.6) is 0 Å². The second kappa shape index (κ2) is 11.0. The standard InChI is InChI=1S/C27H29ClN4O2S2/c1-27(2,3)19-8-6-18(7-9-19)24(33)30-26(35)29-20-10-11-22(21(28)17-20)31-12-14-32(15-13-31)25(34)23-5-4-16-36-23/h4-11,16-17H,12-15H2,1-3H3,(H2,29,30,33,35). The molecule has 0 saturated carbocycles. The average Bonchev–Trinajstić information content (AvgIpc) is 3.38. The minimum absolute atomic E-state index is 0.0203. The quantitative estimate of drug-likeness (QED) is 0.410. The first kappa shape index (κ1) is 26.1. The second-order valence-electron chi connectivity index (χ2n) is 9.66. The number of nitrogens with zero attached hydrogens (tertiary/aromatic N) is 2. The summed E-state index contributed by atoms with van der Waals surface area (Å²) < 4.78 is 0. The van der Waals surface area contributed by atoms with Gasteiger partial charge in [-0.1, -0.05) is 50.6 Å². The van der Waals surface area contributed by atoms with Gasteiger partial charge in [0.05, 0.1) is 15.6 Å². The molecule has 9 heteroatoms. The number of hydrogen-bond donors (Lipinski definition) is 2. The van der Waals surface area contributed by atoms with Gasteiger partial charge in [0.1, 0.15) is 0 Å². The Kier molecular flexibility index (Phi) is 7.97. The molecule has 2 heterocycles. The van der Waals surface area contributed by atoms with E-state index in [1.807, 2.05) is 46.7 Å². The van der Waals surface area contributed by atoms with Gasteiger partial charge in [-0.05, 0) is 65.0 Å². The molecule has 0 radical (unpaired) electrons. The summed E-state index contributed by atoms with van der Waals surface area (Å²) in [7, 11) is 0.